The monoisotopic (exact) mass is 485 g/mol. The summed E-state index contributed by atoms with van der Waals surface area (Å²) in [7, 11) is -3.48. The summed E-state index contributed by atoms with van der Waals surface area (Å²) in [5.41, 5.74) is 6.86. The summed E-state index contributed by atoms with van der Waals surface area (Å²) in [4.78, 5) is 22.7. The van der Waals surface area contributed by atoms with Gasteiger partial charge in [-0.05, 0) is 48.4 Å². The molecule has 0 bridgehead atoms. The molecule has 0 aromatic heterocycles. The van der Waals surface area contributed by atoms with Gasteiger partial charge in [-0.15, -0.1) is 0 Å². The first-order valence-electron chi connectivity index (χ1n) is 10.7. The Labute approximate surface area is 194 Å². The third-order valence-electron chi connectivity index (χ3n) is 5.84. The fourth-order valence-corrected chi connectivity index (χ4v) is 6.65. The number of carboxylic acid groups (broad SMARTS) is 1. The van der Waals surface area contributed by atoms with E-state index in [2.05, 4.69) is 5.32 Å². The van der Waals surface area contributed by atoms with Crippen LogP contribution in [0.1, 0.15) is 58.4 Å². The number of carbonyl (C=O) groups excluding carboxylic acids is 1. The van der Waals surface area contributed by atoms with Crippen LogP contribution < -0.4 is 11.1 Å². The number of nitrogens with one attached hydrogen (secondary N) is 1. The van der Waals surface area contributed by atoms with Gasteiger partial charge in [-0.2, -0.15) is 0 Å². The largest absolute Gasteiger partial charge is 0.483 e. The molecule has 10 heteroatoms. The molecule has 0 saturated heterocycles. The SMILES string of the molecule is CCCN1C=C(C(C)C)[C@](N)(c2ccc(S(=O)(=O)C3CCCC3)c(Cl)c2)NC1=O.O=CO. The maximum absolute atomic E-state index is 13.0. The van der Waals surface area contributed by atoms with Crippen LogP contribution in [0.25, 0.3) is 0 Å². The molecule has 1 heterocycles. The molecule has 1 saturated carbocycles. The minimum atomic E-state index is -3.48. The smallest absolute Gasteiger partial charge is 0.323 e. The number of carbonyl (C=O) groups is 2. The lowest BCUT2D eigenvalue weighted by atomic mass is 9.84. The van der Waals surface area contributed by atoms with Gasteiger partial charge in [0.15, 0.2) is 9.84 Å². The van der Waals surface area contributed by atoms with Gasteiger partial charge in [0.25, 0.3) is 6.47 Å². The summed E-state index contributed by atoms with van der Waals surface area (Å²) in [6, 6.07) is 4.50. The van der Waals surface area contributed by atoms with Crippen molar-refractivity contribution in [2.24, 2.45) is 11.7 Å². The quantitative estimate of drug-likeness (QED) is 0.525. The van der Waals surface area contributed by atoms with Crippen LogP contribution in [0.15, 0.2) is 34.9 Å². The molecule has 3 rings (SSSR count). The molecule has 1 aliphatic carbocycles. The summed E-state index contributed by atoms with van der Waals surface area (Å²) in [5, 5.41) is 9.56. The lowest BCUT2D eigenvalue weighted by Crippen LogP contribution is -2.61. The topological polar surface area (TPSA) is 130 Å². The highest BCUT2D eigenvalue weighted by Crippen LogP contribution is 2.38. The molecule has 1 atom stereocenters. The lowest BCUT2D eigenvalue weighted by molar-refractivity contribution is -0.122. The molecule has 1 fully saturated rings. The number of nitrogens with zero attached hydrogens (tertiary/aromatic N) is 1. The zero-order valence-electron chi connectivity index (χ0n) is 18.7. The van der Waals surface area contributed by atoms with Crippen molar-refractivity contribution in [2.45, 2.75) is 68.7 Å². The average Bonchev–Trinajstić information content (AvgIpc) is 3.26. The third kappa shape index (κ3) is 5.27. The van der Waals surface area contributed by atoms with Gasteiger partial charge in [-0.3, -0.25) is 4.79 Å². The van der Waals surface area contributed by atoms with Crippen LogP contribution >= 0.6 is 11.6 Å². The third-order valence-corrected chi connectivity index (χ3v) is 8.58. The summed E-state index contributed by atoms with van der Waals surface area (Å²) in [5.74, 6) is 0.0700. The number of hydrogen-bond donors (Lipinski definition) is 3. The van der Waals surface area contributed by atoms with Crippen molar-refractivity contribution in [3.8, 4) is 0 Å². The molecular formula is C22H32ClN3O5S. The number of sulfone groups is 1. The van der Waals surface area contributed by atoms with Gasteiger partial charge in [0.2, 0.25) is 0 Å². The molecule has 0 spiro atoms. The Morgan fingerprint density at radius 1 is 1.34 bits per heavy atom. The maximum Gasteiger partial charge on any atom is 0.323 e. The normalized spacial score (nSPS) is 21.6. The van der Waals surface area contributed by atoms with E-state index < -0.39 is 15.5 Å². The highest BCUT2D eigenvalue weighted by Gasteiger charge is 2.41. The van der Waals surface area contributed by atoms with Gasteiger partial charge < -0.3 is 21.1 Å². The van der Waals surface area contributed by atoms with E-state index in [9.17, 15) is 13.2 Å². The predicted molar refractivity (Wildman–Crippen MR) is 124 cm³/mol. The number of benzene rings is 1. The van der Waals surface area contributed by atoms with Crippen molar-refractivity contribution in [3.63, 3.8) is 0 Å². The van der Waals surface area contributed by atoms with Crippen LogP contribution in [0, 0.1) is 5.92 Å². The van der Waals surface area contributed by atoms with Crippen LogP contribution in [0.3, 0.4) is 0 Å². The molecule has 8 nitrogen and oxygen atoms in total. The maximum atomic E-state index is 13.0. The van der Waals surface area contributed by atoms with Crippen molar-refractivity contribution in [1.82, 2.24) is 10.2 Å². The van der Waals surface area contributed by atoms with E-state index in [4.69, 9.17) is 27.2 Å². The van der Waals surface area contributed by atoms with Gasteiger partial charge in [0, 0.05) is 12.7 Å². The Morgan fingerprint density at radius 3 is 2.44 bits per heavy atom. The highest BCUT2D eigenvalue weighted by atomic mass is 35.5. The summed E-state index contributed by atoms with van der Waals surface area (Å²) >= 11 is 6.44. The van der Waals surface area contributed by atoms with Crippen molar-refractivity contribution in [3.05, 3.63) is 40.6 Å². The minimum Gasteiger partial charge on any atom is -0.483 e. The number of halogens is 1. The minimum absolute atomic E-state index is 0.0700. The van der Waals surface area contributed by atoms with E-state index >= 15 is 0 Å². The van der Waals surface area contributed by atoms with E-state index in [1.165, 1.54) is 6.07 Å². The molecule has 1 aliphatic heterocycles. The molecule has 0 unspecified atom stereocenters. The van der Waals surface area contributed by atoms with Crippen LogP contribution in [0.2, 0.25) is 5.02 Å². The fraction of sp³-hybridized carbons (Fsp3) is 0.545. The Balaban J connectivity index is 0.00000114. The average molecular weight is 486 g/mol. The van der Waals surface area contributed by atoms with Crippen LogP contribution in [-0.4, -0.2) is 42.7 Å². The molecule has 1 aromatic rings. The summed E-state index contributed by atoms with van der Waals surface area (Å²) in [6.45, 7) is 6.37. The summed E-state index contributed by atoms with van der Waals surface area (Å²) < 4.78 is 25.9. The molecule has 0 radical (unpaired) electrons. The van der Waals surface area contributed by atoms with Gasteiger partial charge in [0.1, 0.15) is 5.66 Å². The molecule has 2 amide bonds. The van der Waals surface area contributed by atoms with Gasteiger partial charge >= 0.3 is 6.03 Å². The van der Waals surface area contributed by atoms with Gasteiger partial charge in [-0.25, -0.2) is 13.2 Å². The first-order valence-corrected chi connectivity index (χ1v) is 12.7. The van der Waals surface area contributed by atoms with Crippen LogP contribution in [0.5, 0.6) is 0 Å². The van der Waals surface area contributed by atoms with Crippen molar-refractivity contribution < 1.29 is 23.1 Å². The van der Waals surface area contributed by atoms with E-state index in [1.54, 1.807) is 17.0 Å². The van der Waals surface area contributed by atoms with Crippen molar-refractivity contribution >= 4 is 33.9 Å². The number of nitrogens with two attached hydrogens (primary N) is 1. The molecule has 4 N–H and O–H groups in total. The number of amides is 2. The van der Waals surface area contributed by atoms with Crippen LogP contribution in [0.4, 0.5) is 4.79 Å². The molecule has 178 valence electrons. The van der Waals surface area contributed by atoms with Gasteiger partial charge in [-0.1, -0.05) is 51.3 Å². The standard InChI is InChI=1S/C21H30ClN3O3S.CH2O2/c1-4-11-25-13-17(14(2)3)21(23,24-20(25)26)15-9-10-19(18(22)12-15)29(27,28)16-7-5-6-8-16;2-1-3/h9-10,12-14,16H,4-8,11,23H2,1-3H3,(H,24,26);1H,(H,2,3)/t21-;/m0./s1. The predicted octanol–water partition coefficient (Wildman–Crippen LogP) is 3.84. The van der Waals surface area contributed by atoms with Crippen LogP contribution in [-0.2, 0) is 20.3 Å². The summed E-state index contributed by atoms with van der Waals surface area (Å²) in [6.07, 6.45) is 5.83. The molecule has 32 heavy (non-hydrogen) atoms. The Bertz CT molecular complexity index is 974. The number of rotatable bonds is 6. The lowest BCUT2D eigenvalue weighted by Gasteiger charge is -2.42. The second kappa shape index (κ2) is 10.7. The van der Waals surface area contributed by atoms with E-state index in [0.29, 0.717) is 24.9 Å². The number of hydrogen-bond acceptors (Lipinski definition) is 5. The number of urea groups is 1. The molecule has 2 aliphatic rings. The Kier molecular flexibility index (Phi) is 8.73. The first-order chi connectivity index (χ1) is 15.0. The Morgan fingerprint density at radius 2 is 1.94 bits per heavy atom. The second-order valence-electron chi connectivity index (χ2n) is 8.37. The van der Waals surface area contributed by atoms with Crippen molar-refractivity contribution in [1.29, 1.82) is 0 Å². The first kappa shape index (κ1) is 26.2. The zero-order chi connectivity index (χ0) is 24.1. The van der Waals surface area contributed by atoms with Crippen molar-refractivity contribution in [2.75, 3.05) is 6.54 Å². The van der Waals surface area contributed by atoms with E-state index in [-0.39, 0.29) is 33.6 Å². The van der Waals surface area contributed by atoms with Gasteiger partial charge in [0.05, 0.1) is 15.2 Å². The van der Waals surface area contributed by atoms with E-state index in [0.717, 1.165) is 24.8 Å². The van der Waals surface area contributed by atoms with E-state index in [1.807, 2.05) is 27.0 Å². The fourth-order valence-electron chi connectivity index (χ4n) is 4.25. The highest BCUT2D eigenvalue weighted by molar-refractivity contribution is 7.92. The Hall–Kier alpha value is -2.10. The molecular weight excluding hydrogens is 454 g/mol. The molecule has 1 aromatic carbocycles. The second-order valence-corrected chi connectivity index (χ2v) is 11.0. The zero-order valence-corrected chi connectivity index (χ0v) is 20.2.